The van der Waals surface area contributed by atoms with Crippen molar-refractivity contribution in [2.45, 2.75) is 49.7 Å². The standard InChI is InChI=1S/C11H20O7/c1-11(16-2-3-17-11)4-6-8(13)10(15)9(14)7(5-12)18-6/h6-10,12-15H,2-5H2,1H3/t6-,7+,8-,9-,10+/m0/s1. The van der Waals surface area contributed by atoms with Gasteiger partial charge in [-0.2, -0.15) is 0 Å². The van der Waals surface area contributed by atoms with E-state index in [0.29, 0.717) is 13.2 Å². The van der Waals surface area contributed by atoms with Crippen molar-refractivity contribution in [1.82, 2.24) is 0 Å². The van der Waals surface area contributed by atoms with Gasteiger partial charge in [0.15, 0.2) is 5.79 Å². The van der Waals surface area contributed by atoms with E-state index in [4.69, 9.17) is 19.3 Å². The summed E-state index contributed by atoms with van der Waals surface area (Å²) in [4.78, 5) is 0. The molecule has 7 heteroatoms. The highest BCUT2D eigenvalue weighted by molar-refractivity contribution is 4.93. The maximum absolute atomic E-state index is 9.87. The lowest BCUT2D eigenvalue weighted by Crippen LogP contribution is -2.59. The molecule has 106 valence electrons. The lowest BCUT2D eigenvalue weighted by atomic mass is 9.91. The molecule has 4 N–H and O–H groups in total. The Morgan fingerprint density at radius 3 is 2.11 bits per heavy atom. The minimum Gasteiger partial charge on any atom is -0.394 e. The molecular weight excluding hydrogens is 244 g/mol. The van der Waals surface area contributed by atoms with E-state index >= 15 is 0 Å². The molecule has 0 saturated carbocycles. The highest BCUT2D eigenvalue weighted by Crippen LogP contribution is 2.31. The van der Waals surface area contributed by atoms with Gasteiger partial charge < -0.3 is 34.6 Å². The summed E-state index contributed by atoms with van der Waals surface area (Å²) < 4.78 is 16.2. The third-order valence-electron chi connectivity index (χ3n) is 3.46. The Kier molecular flexibility index (Phi) is 4.22. The molecule has 2 saturated heterocycles. The van der Waals surface area contributed by atoms with E-state index < -0.39 is 42.9 Å². The van der Waals surface area contributed by atoms with Crippen molar-refractivity contribution in [2.75, 3.05) is 19.8 Å². The molecule has 0 aromatic rings. The third kappa shape index (κ3) is 2.67. The summed E-state index contributed by atoms with van der Waals surface area (Å²) in [5.74, 6) is -0.867. The predicted molar refractivity (Wildman–Crippen MR) is 58.7 cm³/mol. The van der Waals surface area contributed by atoms with Crippen molar-refractivity contribution in [3.05, 3.63) is 0 Å². The van der Waals surface area contributed by atoms with Crippen molar-refractivity contribution < 1.29 is 34.6 Å². The zero-order chi connectivity index (χ0) is 13.3. The second-order valence-corrected chi connectivity index (χ2v) is 4.90. The van der Waals surface area contributed by atoms with Crippen LogP contribution in [0.1, 0.15) is 13.3 Å². The Labute approximate surface area is 105 Å². The summed E-state index contributed by atoms with van der Waals surface area (Å²) in [5, 5.41) is 38.2. The van der Waals surface area contributed by atoms with Gasteiger partial charge in [-0.15, -0.1) is 0 Å². The Morgan fingerprint density at radius 1 is 1.00 bits per heavy atom. The monoisotopic (exact) mass is 264 g/mol. The Balaban J connectivity index is 2.02. The minimum atomic E-state index is -1.36. The molecular formula is C11H20O7. The molecule has 0 radical (unpaired) electrons. The fourth-order valence-electron chi connectivity index (χ4n) is 2.39. The topological polar surface area (TPSA) is 109 Å². The van der Waals surface area contributed by atoms with E-state index in [0.717, 1.165) is 0 Å². The maximum Gasteiger partial charge on any atom is 0.168 e. The SMILES string of the molecule is CC1(C[C@@H]2O[C@H](CO)[C@H](O)[C@H](O)[C@H]2O)OCCO1. The molecule has 2 heterocycles. The lowest BCUT2D eigenvalue weighted by molar-refractivity contribution is -0.255. The van der Waals surface area contributed by atoms with Gasteiger partial charge in [0, 0.05) is 6.42 Å². The van der Waals surface area contributed by atoms with Crippen LogP contribution in [0.25, 0.3) is 0 Å². The first-order chi connectivity index (χ1) is 8.47. The largest absolute Gasteiger partial charge is 0.394 e. The molecule has 0 aromatic heterocycles. The van der Waals surface area contributed by atoms with Crippen LogP contribution in [0.3, 0.4) is 0 Å². The first-order valence-corrected chi connectivity index (χ1v) is 6.05. The summed E-state index contributed by atoms with van der Waals surface area (Å²) in [7, 11) is 0. The van der Waals surface area contributed by atoms with Gasteiger partial charge in [-0.3, -0.25) is 0 Å². The first kappa shape index (κ1) is 14.1. The number of aliphatic hydroxyl groups excluding tert-OH is 4. The number of aliphatic hydroxyl groups is 4. The van der Waals surface area contributed by atoms with Crippen molar-refractivity contribution in [3.8, 4) is 0 Å². The highest BCUT2D eigenvalue weighted by atomic mass is 16.7. The highest BCUT2D eigenvalue weighted by Gasteiger charge is 2.47. The molecule has 2 aliphatic rings. The van der Waals surface area contributed by atoms with Crippen LogP contribution < -0.4 is 0 Å². The molecule has 0 unspecified atom stereocenters. The molecule has 5 atom stereocenters. The van der Waals surface area contributed by atoms with Crippen molar-refractivity contribution in [3.63, 3.8) is 0 Å². The fraction of sp³-hybridized carbons (Fsp3) is 1.00. The van der Waals surface area contributed by atoms with Crippen LogP contribution in [-0.2, 0) is 14.2 Å². The summed E-state index contributed by atoms with van der Waals surface area (Å²) in [6.45, 7) is 2.23. The van der Waals surface area contributed by atoms with Crippen LogP contribution in [0.4, 0.5) is 0 Å². The number of ether oxygens (including phenoxy) is 3. The van der Waals surface area contributed by atoms with Gasteiger partial charge in [0.05, 0.1) is 25.9 Å². The van der Waals surface area contributed by atoms with Crippen LogP contribution >= 0.6 is 0 Å². The molecule has 0 bridgehead atoms. The first-order valence-electron chi connectivity index (χ1n) is 6.05. The van der Waals surface area contributed by atoms with E-state index in [1.165, 1.54) is 0 Å². The molecule has 0 aromatic carbocycles. The average molecular weight is 264 g/mol. The van der Waals surface area contributed by atoms with Gasteiger partial charge in [-0.05, 0) is 6.92 Å². The fourth-order valence-corrected chi connectivity index (χ4v) is 2.39. The summed E-state index contributed by atoms with van der Waals surface area (Å²) in [6, 6.07) is 0. The van der Waals surface area contributed by atoms with Gasteiger partial charge in [0.25, 0.3) is 0 Å². The molecule has 0 spiro atoms. The molecule has 2 rings (SSSR count). The normalized spacial score (nSPS) is 44.2. The van der Waals surface area contributed by atoms with E-state index in [2.05, 4.69) is 0 Å². The Hall–Kier alpha value is -0.280. The number of rotatable bonds is 3. The maximum atomic E-state index is 9.87. The smallest absolute Gasteiger partial charge is 0.168 e. The van der Waals surface area contributed by atoms with Crippen molar-refractivity contribution in [2.24, 2.45) is 0 Å². The summed E-state index contributed by atoms with van der Waals surface area (Å²) >= 11 is 0. The quantitative estimate of drug-likeness (QED) is 0.466. The van der Waals surface area contributed by atoms with Crippen LogP contribution in [0.2, 0.25) is 0 Å². The second-order valence-electron chi connectivity index (χ2n) is 4.90. The minimum absolute atomic E-state index is 0.217. The van der Waals surface area contributed by atoms with Gasteiger partial charge in [0.2, 0.25) is 0 Å². The van der Waals surface area contributed by atoms with Gasteiger partial charge in [-0.25, -0.2) is 0 Å². The van der Waals surface area contributed by atoms with E-state index in [1.807, 2.05) is 0 Å². The predicted octanol–water partition coefficient (Wildman–Crippen LogP) is -2.02. The van der Waals surface area contributed by atoms with Gasteiger partial charge in [-0.1, -0.05) is 0 Å². The molecule has 0 aliphatic carbocycles. The second kappa shape index (κ2) is 5.38. The lowest BCUT2D eigenvalue weighted by Gasteiger charge is -2.42. The molecule has 18 heavy (non-hydrogen) atoms. The molecule has 2 fully saturated rings. The Bertz CT molecular complexity index is 277. The number of hydrogen-bond donors (Lipinski definition) is 4. The zero-order valence-electron chi connectivity index (χ0n) is 10.2. The molecule has 2 aliphatic heterocycles. The number of hydrogen-bond acceptors (Lipinski definition) is 7. The van der Waals surface area contributed by atoms with E-state index in [-0.39, 0.29) is 6.42 Å². The summed E-state index contributed by atoms with van der Waals surface area (Å²) in [6.07, 6.45) is -5.37. The van der Waals surface area contributed by atoms with E-state index in [1.54, 1.807) is 6.92 Å². The van der Waals surface area contributed by atoms with Crippen LogP contribution in [0, 0.1) is 0 Å². The Morgan fingerprint density at radius 2 is 1.56 bits per heavy atom. The molecule has 0 amide bonds. The third-order valence-corrected chi connectivity index (χ3v) is 3.46. The zero-order valence-corrected chi connectivity index (χ0v) is 10.2. The van der Waals surface area contributed by atoms with Gasteiger partial charge >= 0.3 is 0 Å². The van der Waals surface area contributed by atoms with Crippen molar-refractivity contribution in [1.29, 1.82) is 0 Å². The summed E-state index contributed by atoms with van der Waals surface area (Å²) in [5.41, 5.74) is 0. The van der Waals surface area contributed by atoms with Crippen LogP contribution in [0.15, 0.2) is 0 Å². The van der Waals surface area contributed by atoms with Crippen LogP contribution in [0.5, 0.6) is 0 Å². The van der Waals surface area contributed by atoms with E-state index in [9.17, 15) is 15.3 Å². The average Bonchev–Trinajstić information content (AvgIpc) is 2.77. The molecule has 7 nitrogen and oxygen atoms in total. The van der Waals surface area contributed by atoms with Crippen LogP contribution in [-0.4, -0.2) is 76.6 Å². The van der Waals surface area contributed by atoms with Crippen molar-refractivity contribution >= 4 is 0 Å². The van der Waals surface area contributed by atoms with Gasteiger partial charge in [0.1, 0.15) is 24.4 Å².